The normalized spacial score (nSPS) is 9.87. The number of hydrogen-bond acceptors (Lipinski definition) is 4. The van der Waals surface area contributed by atoms with E-state index in [1.54, 1.807) is 35.0 Å². The highest BCUT2D eigenvalue weighted by molar-refractivity contribution is 5.89. The zero-order valence-electron chi connectivity index (χ0n) is 7.74. The van der Waals surface area contributed by atoms with Gasteiger partial charge in [0.2, 0.25) is 0 Å². The Hall–Kier alpha value is -2.37. The molecule has 6 nitrogen and oxygen atoms in total. The molecule has 2 rings (SSSR count). The molecule has 2 aromatic rings. The molecule has 74 valence electrons. The van der Waals surface area contributed by atoms with Crippen LogP contribution in [0.3, 0.4) is 0 Å². The first-order valence-electron chi connectivity index (χ1n) is 4.24. The van der Waals surface area contributed by atoms with Crippen molar-refractivity contribution >= 4 is 5.91 Å². The van der Waals surface area contributed by atoms with E-state index >= 15 is 0 Å². The topological polar surface area (TPSA) is 85.6 Å². The predicted molar refractivity (Wildman–Crippen MR) is 49.9 cm³/mol. The van der Waals surface area contributed by atoms with Gasteiger partial charge < -0.3 is 5.73 Å². The molecular formula is C9H8N5O+. The van der Waals surface area contributed by atoms with Gasteiger partial charge in [0.25, 0.3) is 5.91 Å². The summed E-state index contributed by atoms with van der Waals surface area (Å²) in [5, 5.41) is 10.8. The second-order valence-corrected chi connectivity index (χ2v) is 2.80. The highest BCUT2D eigenvalue weighted by Crippen LogP contribution is 1.95. The number of carbonyl (C=O) groups excluding carboxylic acids is 1. The van der Waals surface area contributed by atoms with Gasteiger partial charge in [0.15, 0.2) is 5.69 Å². The van der Waals surface area contributed by atoms with Crippen molar-refractivity contribution in [3.63, 3.8) is 0 Å². The Balaban J connectivity index is 2.58. The molecule has 0 saturated heterocycles. The second kappa shape index (κ2) is 3.79. The molecule has 1 amide bonds. The fourth-order valence-corrected chi connectivity index (χ4v) is 1.21. The van der Waals surface area contributed by atoms with Crippen molar-refractivity contribution < 1.29 is 9.36 Å². The molecule has 0 radical (unpaired) electrons. The van der Waals surface area contributed by atoms with Crippen molar-refractivity contribution in [2.24, 2.45) is 5.73 Å². The predicted octanol–water partition coefficient (Wildman–Crippen LogP) is -0.753. The highest BCUT2D eigenvalue weighted by Gasteiger charge is 2.16. The van der Waals surface area contributed by atoms with Gasteiger partial charge in [-0.1, -0.05) is 6.07 Å². The van der Waals surface area contributed by atoms with Crippen LogP contribution in [-0.2, 0) is 0 Å². The third kappa shape index (κ3) is 1.78. The molecule has 0 aliphatic rings. The van der Waals surface area contributed by atoms with Crippen molar-refractivity contribution in [2.45, 2.75) is 0 Å². The van der Waals surface area contributed by atoms with E-state index in [2.05, 4.69) is 15.4 Å². The standard InChI is InChI=1S/C9H7N5O/c10-9(15)7-3-1-2-6-14(7)8-4-5-11-13-12-8/h1-6H,(H-,10,15)/p+1. The first kappa shape index (κ1) is 9.20. The molecule has 0 spiro atoms. The molecule has 0 aromatic carbocycles. The van der Waals surface area contributed by atoms with Crippen molar-refractivity contribution in [1.29, 1.82) is 0 Å². The Morgan fingerprint density at radius 1 is 1.33 bits per heavy atom. The molecule has 6 heteroatoms. The largest absolute Gasteiger partial charge is 0.362 e. The fraction of sp³-hybridized carbons (Fsp3) is 0. The van der Waals surface area contributed by atoms with Crippen LogP contribution >= 0.6 is 0 Å². The molecular weight excluding hydrogens is 194 g/mol. The van der Waals surface area contributed by atoms with Gasteiger partial charge in [0.05, 0.1) is 23.7 Å². The number of rotatable bonds is 2. The van der Waals surface area contributed by atoms with E-state index in [9.17, 15) is 4.79 Å². The Morgan fingerprint density at radius 3 is 2.87 bits per heavy atom. The van der Waals surface area contributed by atoms with Gasteiger partial charge in [-0.05, 0) is 12.1 Å². The minimum absolute atomic E-state index is 0.345. The van der Waals surface area contributed by atoms with Crippen molar-refractivity contribution in [2.75, 3.05) is 0 Å². The van der Waals surface area contributed by atoms with E-state index in [0.717, 1.165) is 0 Å². The Labute approximate surface area is 85.4 Å². The summed E-state index contributed by atoms with van der Waals surface area (Å²) in [6, 6.07) is 6.75. The van der Waals surface area contributed by atoms with Crippen LogP contribution in [0, 0.1) is 0 Å². The summed E-state index contributed by atoms with van der Waals surface area (Å²) < 4.78 is 1.55. The Bertz CT molecular complexity index is 485. The Kier molecular flexibility index (Phi) is 2.32. The lowest BCUT2D eigenvalue weighted by Crippen LogP contribution is -2.40. The second-order valence-electron chi connectivity index (χ2n) is 2.80. The lowest BCUT2D eigenvalue weighted by Gasteiger charge is -1.99. The molecule has 0 bridgehead atoms. The first-order chi connectivity index (χ1) is 7.29. The number of nitrogens with zero attached hydrogens (tertiary/aromatic N) is 4. The maximum absolute atomic E-state index is 11.1. The van der Waals surface area contributed by atoms with Gasteiger partial charge in [-0.25, -0.2) is 0 Å². The molecule has 0 aliphatic carbocycles. The van der Waals surface area contributed by atoms with Crippen LogP contribution in [-0.4, -0.2) is 21.3 Å². The lowest BCUT2D eigenvalue weighted by molar-refractivity contribution is -0.602. The zero-order chi connectivity index (χ0) is 10.7. The number of amides is 1. The van der Waals surface area contributed by atoms with E-state index in [-0.39, 0.29) is 0 Å². The molecule has 2 heterocycles. The maximum atomic E-state index is 11.1. The van der Waals surface area contributed by atoms with Crippen molar-refractivity contribution in [1.82, 2.24) is 15.4 Å². The average Bonchev–Trinajstić information content (AvgIpc) is 2.30. The monoisotopic (exact) mass is 202 g/mol. The Morgan fingerprint density at radius 2 is 2.20 bits per heavy atom. The summed E-state index contributed by atoms with van der Waals surface area (Å²) in [7, 11) is 0. The first-order valence-corrected chi connectivity index (χ1v) is 4.24. The van der Waals surface area contributed by atoms with E-state index < -0.39 is 5.91 Å². The van der Waals surface area contributed by atoms with Crippen LogP contribution in [0.2, 0.25) is 0 Å². The smallest absolute Gasteiger partial charge is 0.359 e. The number of carbonyl (C=O) groups is 1. The van der Waals surface area contributed by atoms with E-state index in [1.807, 2.05) is 0 Å². The molecule has 15 heavy (non-hydrogen) atoms. The quantitative estimate of drug-likeness (QED) is 0.649. The number of aromatic nitrogens is 4. The van der Waals surface area contributed by atoms with Gasteiger partial charge in [-0.2, -0.15) is 4.57 Å². The molecule has 0 atom stereocenters. The number of hydrogen-bond donors (Lipinski definition) is 1. The fourth-order valence-electron chi connectivity index (χ4n) is 1.21. The molecule has 2 N–H and O–H groups in total. The molecule has 0 saturated carbocycles. The van der Waals surface area contributed by atoms with Crippen LogP contribution in [0.4, 0.5) is 0 Å². The highest BCUT2D eigenvalue weighted by atomic mass is 16.1. The maximum Gasteiger partial charge on any atom is 0.359 e. The minimum Gasteiger partial charge on any atom is -0.362 e. The molecule has 0 fully saturated rings. The van der Waals surface area contributed by atoms with Gasteiger partial charge >= 0.3 is 5.82 Å². The summed E-state index contributed by atoms with van der Waals surface area (Å²) in [6.07, 6.45) is 3.18. The van der Waals surface area contributed by atoms with Gasteiger partial charge in [-0.15, -0.1) is 5.10 Å². The third-order valence-electron chi connectivity index (χ3n) is 1.85. The molecule has 0 unspecified atom stereocenters. The molecule has 2 aromatic heterocycles. The van der Waals surface area contributed by atoms with Gasteiger partial charge in [0.1, 0.15) is 5.10 Å². The summed E-state index contributed by atoms with van der Waals surface area (Å²) in [5.41, 5.74) is 5.57. The van der Waals surface area contributed by atoms with Crippen molar-refractivity contribution in [3.8, 4) is 5.82 Å². The van der Waals surface area contributed by atoms with Crippen molar-refractivity contribution in [3.05, 3.63) is 42.4 Å². The summed E-state index contributed by atoms with van der Waals surface area (Å²) >= 11 is 0. The molecule has 0 aliphatic heterocycles. The average molecular weight is 202 g/mol. The van der Waals surface area contributed by atoms with Gasteiger partial charge in [0, 0.05) is 0 Å². The van der Waals surface area contributed by atoms with E-state index in [0.29, 0.717) is 11.5 Å². The SMILES string of the molecule is NC(=O)c1cccc[n+]1-c1ccnnn1. The lowest BCUT2D eigenvalue weighted by atomic mass is 10.3. The third-order valence-corrected chi connectivity index (χ3v) is 1.85. The van der Waals surface area contributed by atoms with Crippen LogP contribution in [0.15, 0.2) is 36.7 Å². The van der Waals surface area contributed by atoms with E-state index in [1.165, 1.54) is 6.20 Å². The number of nitrogens with two attached hydrogens (primary N) is 1. The summed E-state index contributed by atoms with van der Waals surface area (Å²) in [6.45, 7) is 0. The van der Waals surface area contributed by atoms with Crippen LogP contribution < -0.4 is 10.3 Å². The number of pyridine rings is 1. The van der Waals surface area contributed by atoms with Crippen LogP contribution in [0.1, 0.15) is 10.5 Å². The summed E-state index contributed by atoms with van der Waals surface area (Å²) in [4.78, 5) is 11.1. The minimum atomic E-state index is -0.519. The van der Waals surface area contributed by atoms with Gasteiger partial charge in [-0.3, -0.25) is 4.79 Å². The number of primary amides is 1. The van der Waals surface area contributed by atoms with Crippen LogP contribution in [0.5, 0.6) is 0 Å². The zero-order valence-corrected chi connectivity index (χ0v) is 7.74. The van der Waals surface area contributed by atoms with Crippen LogP contribution in [0.25, 0.3) is 5.82 Å². The van der Waals surface area contributed by atoms with E-state index in [4.69, 9.17) is 5.73 Å². The summed E-state index contributed by atoms with van der Waals surface area (Å²) in [5.74, 6) is -0.0198.